The number of aryl methyl sites for hydroxylation is 2. The van der Waals surface area contributed by atoms with Crippen LogP contribution in [0.1, 0.15) is 37.8 Å². The Bertz CT molecular complexity index is 452. The van der Waals surface area contributed by atoms with Crippen LogP contribution in [0.25, 0.3) is 0 Å². The standard InChI is InChI=1S/C12H19NO2S/c1-3-5-10-7-8-12(16(13,14)15)9-11(10)6-4-2/h7-9H,3-6H2,1-2H3,(H2,13,14,15). The van der Waals surface area contributed by atoms with E-state index < -0.39 is 10.0 Å². The van der Waals surface area contributed by atoms with Crippen LogP contribution in [0.2, 0.25) is 0 Å². The summed E-state index contributed by atoms with van der Waals surface area (Å²) in [6.45, 7) is 4.20. The van der Waals surface area contributed by atoms with Crippen molar-refractivity contribution < 1.29 is 8.42 Å². The second-order valence-electron chi connectivity index (χ2n) is 3.98. The summed E-state index contributed by atoms with van der Waals surface area (Å²) in [5.74, 6) is 0. The quantitative estimate of drug-likeness (QED) is 0.859. The zero-order valence-corrected chi connectivity index (χ0v) is 10.7. The van der Waals surface area contributed by atoms with Gasteiger partial charge in [-0.3, -0.25) is 0 Å². The van der Waals surface area contributed by atoms with E-state index in [1.165, 1.54) is 5.56 Å². The molecule has 0 unspecified atom stereocenters. The predicted octanol–water partition coefficient (Wildman–Crippen LogP) is 2.24. The van der Waals surface area contributed by atoms with Gasteiger partial charge in [-0.1, -0.05) is 32.8 Å². The average molecular weight is 241 g/mol. The lowest BCUT2D eigenvalue weighted by molar-refractivity contribution is 0.597. The highest BCUT2D eigenvalue weighted by Crippen LogP contribution is 2.18. The second-order valence-corrected chi connectivity index (χ2v) is 5.54. The summed E-state index contributed by atoms with van der Waals surface area (Å²) >= 11 is 0. The fraction of sp³-hybridized carbons (Fsp3) is 0.500. The lowest BCUT2D eigenvalue weighted by atomic mass is 10.00. The van der Waals surface area contributed by atoms with Gasteiger partial charge < -0.3 is 0 Å². The molecule has 2 N–H and O–H groups in total. The molecule has 0 spiro atoms. The first-order valence-corrected chi connectivity index (χ1v) is 7.18. The maximum absolute atomic E-state index is 11.2. The van der Waals surface area contributed by atoms with Crippen LogP contribution in [0.3, 0.4) is 0 Å². The summed E-state index contributed by atoms with van der Waals surface area (Å²) in [4.78, 5) is 0.218. The predicted molar refractivity (Wildman–Crippen MR) is 65.8 cm³/mol. The van der Waals surface area contributed by atoms with Crippen molar-refractivity contribution in [1.29, 1.82) is 0 Å². The largest absolute Gasteiger partial charge is 0.238 e. The molecule has 3 nitrogen and oxygen atoms in total. The Hall–Kier alpha value is -0.870. The van der Waals surface area contributed by atoms with Gasteiger partial charge in [-0.15, -0.1) is 0 Å². The van der Waals surface area contributed by atoms with Crippen LogP contribution in [-0.4, -0.2) is 8.42 Å². The Balaban J connectivity index is 3.17. The summed E-state index contributed by atoms with van der Waals surface area (Å²) < 4.78 is 22.5. The van der Waals surface area contributed by atoms with Crippen molar-refractivity contribution in [2.45, 2.75) is 44.4 Å². The SMILES string of the molecule is CCCc1ccc(S(N)(=O)=O)cc1CCC. The van der Waals surface area contributed by atoms with Gasteiger partial charge in [-0.05, 0) is 36.1 Å². The van der Waals surface area contributed by atoms with Crippen LogP contribution >= 0.6 is 0 Å². The molecule has 0 aliphatic rings. The van der Waals surface area contributed by atoms with E-state index in [0.29, 0.717) is 0 Å². The molecule has 1 aromatic carbocycles. The van der Waals surface area contributed by atoms with Gasteiger partial charge >= 0.3 is 0 Å². The zero-order valence-electron chi connectivity index (χ0n) is 9.86. The van der Waals surface area contributed by atoms with Crippen LogP contribution in [-0.2, 0) is 22.9 Å². The fourth-order valence-electron chi connectivity index (χ4n) is 1.79. The Kier molecular flexibility index (Phi) is 4.50. The van der Waals surface area contributed by atoms with E-state index in [1.807, 2.05) is 6.07 Å². The highest BCUT2D eigenvalue weighted by atomic mass is 32.2. The van der Waals surface area contributed by atoms with Crippen LogP contribution < -0.4 is 5.14 Å². The van der Waals surface area contributed by atoms with E-state index in [1.54, 1.807) is 12.1 Å². The maximum Gasteiger partial charge on any atom is 0.238 e. The third-order valence-electron chi connectivity index (χ3n) is 2.54. The Morgan fingerprint density at radius 2 is 1.62 bits per heavy atom. The molecule has 0 heterocycles. The van der Waals surface area contributed by atoms with Gasteiger partial charge in [-0.25, -0.2) is 13.6 Å². The molecular weight excluding hydrogens is 222 g/mol. The van der Waals surface area contributed by atoms with Gasteiger partial charge in [0.1, 0.15) is 0 Å². The van der Waals surface area contributed by atoms with Gasteiger partial charge in [-0.2, -0.15) is 0 Å². The zero-order chi connectivity index (χ0) is 12.2. The highest BCUT2D eigenvalue weighted by molar-refractivity contribution is 7.89. The molecule has 4 heteroatoms. The van der Waals surface area contributed by atoms with Crippen LogP contribution in [0.4, 0.5) is 0 Å². The van der Waals surface area contributed by atoms with E-state index in [9.17, 15) is 8.42 Å². The van der Waals surface area contributed by atoms with Crippen molar-refractivity contribution in [2.75, 3.05) is 0 Å². The topological polar surface area (TPSA) is 60.2 Å². The fourth-order valence-corrected chi connectivity index (χ4v) is 2.36. The number of primary sulfonamides is 1. The van der Waals surface area contributed by atoms with Crippen molar-refractivity contribution in [3.63, 3.8) is 0 Å². The molecule has 0 fully saturated rings. The molecule has 0 saturated carbocycles. The summed E-state index contributed by atoms with van der Waals surface area (Å²) in [6.07, 6.45) is 3.95. The number of benzene rings is 1. The van der Waals surface area contributed by atoms with Gasteiger partial charge in [0.2, 0.25) is 10.0 Å². The maximum atomic E-state index is 11.2. The van der Waals surface area contributed by atoms with Crippen molar-refractivity contribution in [1.82, 2.24) is 0 Å². The molecule has 0 aromatic heterocycles. The lowest BCUT2D eigenvalue weighted by Crippen LogP contribution is -2.13. The average Bonchev–Trinajstić information content (AvgIpc) is 2.19. The van der Waals surface area contributed by atoms with E-state index in [0.717, 1.165) is 31.2 Å². The van der Waals surface area contributed by atoms with Crippen molar-refractivity contribution in [2.24, 2.45) is 5.14 Å². The second kappa shape index (κ2) is 5.46. The Morgan fingerprint density at radius 1 is 1.06 bits per heavy atom. The van der Waals surface area contributed by atoms with Crippen molar-refractivity contribution in [3.8, 4) is 0 Å². The highest BCUT2D eigenvalue weighted by Gasteiger charge is 2.10. The summed E-state index contributed by atoms with van der Waals surface area (Å²) in [5.41, 5.74) is 2.34. The van der Waals surface area contributed by atoms with E-state index in [4.69, 9.17) is 5.14 Å². The summed E-state index contributed by atoms with van der Waals surface area (Å²) in [6, 6.07) is 5.19. The van der Waals surface area contributed by atoms with Crippen LogP contribution in [0, 0.1) is 0 Å². The number of sulfonamides is 1. The third kappa shape index (κ3) is 3.32. The Labute approximate surface area is 97.7 Å². The molecule has 0 bridgehead atoms. The smallest absolute Gasteiger partial charge is 0.225 e. The molecule has 1 rings (SSSR count). The summed E-state index contributed by atoms with van der Waals surface area (Å²) in [7, 11) is -3.58. The molecule has 0 aliphatic carbocycles. The molecule has 0 aliphatic heterocycles. The van der Waals surface area contributed by atoms with Crippen molar-refractivity contribution in [3.05, 3.63) is 29.3 Å². The molecule has 0 atom stereocenters. The van der Waals surface area contributed by atoms with E-state index in [2.05, 4.69) is 13.8 Å². The number of hydrogen-bond donors (Lipinski definition) is 1. The minimum absolute atomic E-state index is 0.218. The third-order valence-corrected chi connectivity index (χ3v) is 3.46. The van der Waals surface area contributed by atoms with Gasteiger partial charge in [0.05, 0.1) is 4.90 Å². The van der Waals surface area contributed by atoms with Crippen molar-refractivity contribution >= 4 is 10.0 Å². The van der Waals surface area contributed by atoms with Gasteiger partial charge in [0.15, 0.2) is 0 Å². The summed E-state index contributed by atoms with van der Waals surface area (Å²) in [5, 5.41) is 5.12. The molecule has 1 aromatic rings. The van der Waals surface area contributed by atoms with Gasteiger partial charge in [0.25, 0.3) is 0 Å². The van der Waals surface area contributed by atoms with E-state index in [-0.39, 0.29) is 4.90 Å². The lowest BCUT2D eigenvalue weighted by Gasteiger charge is -2.09. The molecular formula is C12H19NO2S. The number of hydrogen-bond acceptors (Lipinski definition) is 2. The number of nitrogens with two attached hydrogens (primary N) is 1. The minimum atomic E-state index is -3.58. The first kappa shape index (κ1) is 13.2. The van der Waals surface area contributed by atoms with E-state index >= 15 is 0 Å². The molecule has 0 radical (unpaired) electrons. The first-order valence-electron chi connectivity index (χ1n) is 5.63. The monoisotopic (exact) mass is 241 g/mol. The molecule has 90 valence electrons. The molecule has 16 heavy (non-hydrogen) atoms. The van der Waals surface area contributed by atoms with Crippen LogP contribution in [0.15, 0.2) is 23.1 Å². The molecule has 0 saturated heterocycles. The number of rotatable bonds is 5. The van der Waals surface area contributed by atoms with Gasteiger partial charge in [0, 0.05) is 0 Å². The minimum Gasteiger partial charge on any atom is -0.225 e. The Morgan fingerprint density at radius 3 is 2.12 bits per heavy atom. The first-order chi connectivity index (χ1) is 7.49. The normalized spacial score (nSPS) is 11.7. The van der Waals surface area contributed by atoms with Crippen LogP contribution in [0.5, 0.6) is 0 Å². The molecule has 0 amide bonds.